The SMILES string of the molecule is O=C(O[C@@H]1Cc2c(O)cc(O)cc2O[C@@H]1c1cccc2c1C1=C(O)C(=O)[C@]3(O)C[C@@]1(O2)[C@H]1Oc2cc(O)cc(O)c2C[C@H]1O3)c1cc(O)c(O)c(O)c1. The van der Waals surface area contributed by atoms with Gasteiger partial charge in [0, 0.05) is 59.4 Å². The third-order valence-corrected chi connectivity index (χ3v) is 10.3. The summed E-state index contributed by atoms with van der Waals surface area (Å²) in [6, 6.07) is 11.1. The number of phenols is 7. The average molecular weight is 729 g/mol. The van der Waals surface area contributed by atoms with Gasteiger partial charge >= 0.3 is 5.97 Å². The Morgan fingerprint density at radius 3 is 2.09 bits per heavy atom. The van der Waals surface area contributed by atoms with Crippen LogP contribution in [0.25, 0.3) is 5.57 Å². The first-order valence-electron chi connectivity index (χ1n) is 16.3. The lowest BCUT2D eigenvalue weighted by atomic mass is 9.68. The van der Waals surface area contributed by atoms with E-state index in [4.69, 9.17) is 23.7 Å². The van der Waals surface area contributed by atoms with E-state index in [1.165, 1.54) is 18.2 Å². The molecule has 4 aliphatic heterocycles. The highest BCUT2D eigenvalue weighted by Crippen LogP contribution is 2.61. The van der Waals surface area contributed by atoms with Gasteiger partial charge in [-0.15, -0.1) is 0 Å². The van der Waals surface area contributed by atoms with E-state index < -0.39 is 77.0 Å². The topological polar surface area (TPSA) is 262 Å². The maximum absolute atomic E-state index is 13.7. The minimum atomic E-state index is -2.57. The molecule has 4 aromatic carbocycles. The van der Waals surface area contributed by atoms with E-state index in [2.05, 4.69) is 0 Å². The second-order valence-electron chi connectivity index (χ2n) is 13.6. The molecule has 1 fully saturated rings. The van der Waals surface area contributed by atoms with Gasteiger partial charge in [-0.3, -0.25) is 4.79 Å². The molecule has 1 saturated heterocycles. The molecule has 0 aromatic heterocycles. The van der Waals surface area contributed by atoms with Crippen molar-refractivity contribution in [3.8, 4) is 57.5 Å². The number of aromatic hydroxyl groups is 7. The van der Waals surface area contributed by atoms with Crippen molar-refractivity contribution < 1.29 is 79.2 Å². The number of ether oxygens (including phenoxy) is 5. The Morgan fingerprint density at radius 1 is 0.774 bits per heavy atom. The van der Waals surface area contributed by atoms with Crippen molar-refractivity contribution in [2.75, 3.05) is 0 Å². The van der Waals surface area contributed by atoms with Crippen LogP contribution in [0.3, 0.4) is 0 Å². The summed E-state index contributed by atoms with van der Waals surface area (Å²) in [5.74, 6) is -9.33. The Kier molecular flexibility index (Phi) is 6.57. The quantitative estimate of drug-likeness (QED) is 0.108. The number of benzene rings is 4. The zero-order chi connectivity index (χ0) is 37.3. The fraction of sp³-hybridized carbons (Fsp3) is 0.243. The zero-order valence-electron chi connectivity index (χ0n) is 27.0. The molecule has 1 spiro atoms. The minimum absolute atomic E-state index is 0.0104. The van der Waals surface area contributed by atoms with Gasteiger partial charge < -0.3 is 69.6 Å². The Morgan fingerprint density at radius 2 is 1.42 bits per heavy atom. The fourth-order valence-electron chi connectivity index (χ4n) is 8.11. The van der Waals surface area contributed by atoms with Crippen LogP contribution in [0.2, 0.25) is 0 Å². The molecule has 0 amide bonds. The highest BCUT2D eigenvalue weighted by molar-refractivity contribution is 6.10. The third-order valence-electron chi connectivity index (χ3n) is 10.3. The number of carbonyl (C=O) groups excluding carboxylic acids is 2. The monoisotopic (exact) mass is 728 g/mol. The third kappa shape index (κ3) is 4.55. The number of aliphatic hydroxyl groups is 2. The molecule has 16 heteroatoms. The molecule has 4 heterocycles. The molecule has 0 unspecified atom stereocenters. The van der Waals surface area contributed by atoms with Crippen LogP contribution >= 0.6 is 0 Å². The first kappa shape index (κ1) is 32.4. The van der Waals surface area contributed by atoms with E-state index in [1.54, 1.807) is 12.1 Å². The van der Waals surface area contributed by atoms with Gasteiger partial charge in [0.15, 0.2) is 40.8 Å². The normalized spacial score (nSPS) is 27.5. The Hall–Kier alpha value is -6.52. The standard InChI is InChI=1S/C37H28O16/c38-14-6-19(40)17-10-26(51-35(47)13-4-21(42)30(44)22(43)5-13)32(49-24(17)8-14)16-2-1-3-23-28(16)29-31(45)33(46)37(48)12-36(29,52-23)34-27(53-37)11-18-20(41)7-15(39)9-25(18)50-34/h1-9,26-27,32,34,38-45,48H,10-12H2/t26-,27-,32-,34+,36+,37+/m1/s1. The molecule has 6 atom stereocenters. The molecule has 9 rings (SSSR count). The summed E-state index contributed by atoms with van der Waals surface area (Å²) in [4.78, 5) is 27.2. The van der Waals surface area contributed by atoms with Gasteiger partial charge in [-0.1, -0.05) is 12.1 Å². The lowest BCUT2D eigenvalue weighted by Gasteiger charge is -2.54. The zero-order valence-corrected chi connectivity index (χ0v) is 27.0. The van der Waals surface area contributed by atoms with Crippen molar-refractivity contribution in [1.29, 1.82) is 0 Å². The van der Waals surface area contributed by atoms with E-state index in [0.717, 1.165) is 24.3 Å². The Labute approximate surface area is 297 Å². The number of esters is 1. The van der Waals surface area contributed by atoms with Crippen molar-refractivity contribution in [1.82, 2.24) is 0 Å². The highest BCUT2D eigenvalue weighted by Gasteiger charge is 2.71. The Balaban J connectivity index is 1.19. The van der Waals surface area contributed by atoms with Crippen LogP contribution in [-0.2, 0) is 27.1 Å². The molecule has 9 N–H and O–H groups in total. The molecule has 4 aromatic rings. The van der Waals surface area contributed by atoms with Crippen molar-refractivity contribution in [3.63, 3.8) is 0 Å². The molecular formula is C37H28O16. The summed E-state index contributed by atoms with van der Waals surface area (Å²) in [5.41, 5.74) is -1.55. The molecule has 0 radical (unpaired) electrons. The second kappa shape index (κ2) is 10.8. The molecule has 272 valence electrons. The van der Waals surface area contributed by atoms with Gasteiger partial charge in [-0.2, -0.15) is 0 Å². The summed E-state index contributed by atoms with van der Waals surface area (Å²) in [6.07, 6.45) is -5.75. The number of rotatable bonds is 3. The summed E-state index contributed by atoms with van der Waals surface area (Å²) in [5, 5.41) is 94.9. The maximum Gasteiger partial charge on any atom is 0.338 e. The van der Waals surface area contributed by atoms with Crippen LogP contribution in [0.1, 0.15) is 45.1 Å². The van der Waals surface area contributed by atoms with E-state index >= 15 is 0 Å². The van der Waals surface area contributed by atoms with Crippen LogP contribution in [0.15, 0.2) is 60.4 Å². The average Bonchev–Trinajstić information content (AvgIpc) is 3.43. The number of aliphatic hydroxyl groups excluding tert-OH is 1. The summed E-state index contributed by atoms with van der Waals surface area (Å²) in [7, 11) is 0. The van der Waals surface area contributed by atoms with Gasteiger partial charge in [0.25, 0.3) is 5.78 Å². The molecule has 16 nitrogen and oxygen atoms in total. The number of hydrogen-bond acceptors (Lipinski definition) is 16. The van der Waals surface area contributed by atoms with Gasteiger partial charge in [-0.05, 0) is 18.2 Å². The number of fused-ring (bicyclic) bond motifs is 6. The molecule has 1 aliphatic carbocycles. The summed E-state index contributed by atoms with van der Waals surface area (Å²) < 4.78 is 30.9. The predicted octanol–water partition coefficient (Wildman–Crippen LogP) is 2.99. The van der Waals surface area contributed by atoms with Crippen LogP contribution in [0, 0.1) is 0 Å². The van der Waals surface area contributed by atoms with Crippen LogP contribution in [0.4, 0.5) is 0 Å². The van der Waals surface area contributed by atoms with E-state index in [9.17, 15) is 55.5 Å². The molecule has 2 bridgehead atoms. The largest absolute Gasteiger partial charge is 0.508 e. The van der Waals surface area contributed by atoms with Gasteiger partial charge in [-0.25, -0.2) is 4.79 Å². The van der Waals surface area contributed by atoms with Gasteiger partial charge in [0.05, 0.1) is 17.6 Å². The molecule has 53 heavy (non-hydrogen) atoms. The molecular weight excluding hydrogens is 700 g/mol. The van der Waals surface area contributed by atoms with Crippen molar-refractivity contribution in [2.45, 2.75) is 55.1 Å². The van der Waals surface area contributed by atoms with Crippen LogP contribution in [-0.4, -0.2) is 87.4 Å². The van der Waals surface area contributed by atoms with Crippen molar-refractivity contribution >= 4 is 17.3 Å². The van der Waals surface area contributed by atoms with E-state index in [1.807, 2.05) is 0 Å². The summed E-state index contributed by atoms with van der Waals surface area (Å²) >= 11 is 0. The number of Topliss-reactive ketones (excluding diaryl/α,β-unsaturated/α-hetero) is 1. The summed E-state index contributed by atoms with van der Waals surface area (Å²) in [6.45, 7) is 0. The number of ketones is 1. The van der Waals surface area contributed by atoms with Gasteiger partial charge in [0.1, 0.15) is 52.5 Å². The second-order valence-corrected chi connectivity index (χ2v) is 13.6. The first-order valence-corrected chi connectivity index (χ1v) is 16.3. The van der Waals surface area contributed by atoms with Crippen molar-refractivity contribution in [2.24, 2.45) is 0 Å². The van der Waals surface area contributed by atoms with E-state index in [-0.39, 0.29) is 86.5 Å². The number of carbonyl (C=O) groups is 2. The fourth-order valence-corrected chi connectivity index (χ4v) is 8.11. The molecule has 0 saturated carbocycles. The first-order chi connectivity index (χ1) is 25.2. The van der Waals surface area contributed by atoms with Gasteiger partial charge in [0.2, 0.25) is 5.79 Å². The number of hydrogen-bond donors (Lipinski definition) is 9. The van der Waals surface area contributed by atoms with Crippen LogP contribution < -0.4 is 14.2 Å². The van der Waals surface area contributed by atoms with E-state index in [0.29, 0.717) is 0 Å². The Bertz CT molecular complexity index is 2330. The van der Waals surface area contributed by atoms with Crippen molar-refractivity contribution in [3.05, 3.63) is 88.2 Å². The number of phenolic OH excluding ortho intramolecular Hbond substituents is 7. The molecule has 5 aliphatic rings. The lowest BCUT2D eigenvalue weighted by molar-refractivity contribution is -0.292. The lowest BCUT2D eigenvalue weighted by Crippen LogP contribution is -2.71. The maximum atomic E-state index is 13.7. The highest BCUT2D eigenvalue weighted by atomic mass is 16.7. The smallest absolute Gasteiger partial charge is 0.338 e. The predicted molar refractivity (Wildman–Crippen MR) is 174 cm³/mol. The van der Waals surface area contributed by atoms with Crippen LogP contribution in [0.5, 0.6) is 57.5 Å². The minimum Gasteiger partial charge on any atom is -0.508 e.